The summed E-state index contributed by atoms with van der Waals surface area (Å²) in [7, 11) is 0. The lowest BCUT2D eigenvalue weighted by molar-refractivity contribution is 0.482. The predicted molar refractivity (Wildman–Crippen MR) is 150 cm³/mol. The number of ether oxygens (including phenoxy) is 1. The second-order valence-corrected chi connectivity index (χ2v) is 9.77. The molecule has 1 N–H and O–H groups in total. The van der Waals surface area contributed by atoms with Crippen LogP contribution in [0.25, 0.3) is 0 Å². The molecule has 6 rings (SSSR count). The molecule has 0 unspecified atom stereocenters. The first-order chi connectivity index (χ1) is 18.5. The molecule has 0 aliphatic carbocycles. The van der Waals surface area contributed by atoms with E-state index >= 15 is 0 Å². The average molecular weight is 522 g/mol. The Morgan fingerprint density at radius 1 is 0.868 bits per heavy atom. The smallest absolute Gasteiger partial charge is 0.174 e. The number of anilines is 1. The van der Waals surface area contributed by atoms with Gasteiger partial charge in [0, 0.05) is 28.8 Å². The summed E-state index contributed by atoms with van der Waals surface area (Å²) in [6.45, 7) is 6.24. The molecule has 190 valence electrons. The zero-order chi connectivity index (χ0) is 26.2. The van der Waals surface area contributed by atoms with Crippen molar-refractivity contribution in [1.29, 1.82) is 0 Å². The third kappa shape index (κ3) is 4.31. The molecule has 0 saturated carbocycles. The van der Waals surface area contributed by atoms with E-state index in [4.69, 9.17) is 17.0 Å². The number of hydrogen-bond acceptors (Lipinski definition) is 5. The predicted octanol–water partition coefficient (Wildman–Crippen LogP) is 5.68. The van der Waals surface area contributed by atoms with E-state index in [1.54, 1.807) is 12.7 Å². The fraction of sp³-hybridized carbons (Fsp3) is 0.172. The van der Waals surface area contributed by atoms with Gasteiger partial charge in [0.15, 0.2) is 5.11 Å². The number of pyridine rings is 1. The van der Waals surface area contributed by atoms with E-state index in [1.165, 1.54) is 5.56 Å². The number of nitrogens with zero attached hydrogens (tertiary/aromatic N) is 6. The highest BCUT2D eigenvalue weighted by Crippen LogP contribution is 2.43. The van der Waals surface area contributed by atoms with E-state index in [0.29, 0.717) is 5.11 Å². The van der Waals surface area contributed by atoms with Crippen molar-refractivity contribution < 1.29 is 4.74 Å². The molecule has 9 heteroatoms. The van der Waals surface area contributed by atoms with Crippen molar-refractivity contribution in [3.8, 4) is 11.5 Å². The maximum atomic E-state index is 6.06. The van der Waals surface area contributed by atoms with Crippen LogP contribution in [0, 0.1) is 20.8 Å². The van der Waals surface area contributed by atoms with Crippen LogP contribution in [0.4, 0.5) is 5.69 Å². The molecule has 4 heterocycles. The van der Waals surface area contributed by atoms with Crippen LogP contribution >= 0.6 is 12.2 Å². The van der Waals surface area contributed by atoms with Gasteiger partial charge in [-0.05, 0) is 87.6 Å². The summed E-state index contributed by atoms with van der Waals surface area (Å²) in [5, 5.41) is 12.2. The van der Waals surface area contributed by atoms with E-state index in [2.05, 4.69) is 56.9 Å². The van der Waals surface area contributed by atoms with E-state index in [0.717, 1.165) is 39.8 Å². The summed E-state index contributed by atoms with van der Waals surface area (Å²) in [6.07, 6.45) is 5.21. The molecule has 1 aliphatic rings. The molecule has 0 amide bonds. The number of aryl methyl sites for hydroxylation is 2. The first kappa shape index (κ1) is 23.9. The lowest BCUT2D eigenvalue weighted by Gasteiger charge is -2.28. The van der Waals surface area contributed by atoms with Crippen LogP contribution in [-0.4, -0.2) is 29.6 Å². The molecule has 1 fully saturated rings. The lowest BCUT2D eigenvalue weighted by Crippen LogP contribution is -2.29. The maximum absolute atomic E-state index is 6.06. The van der Waals surface area contributed by atoms with Gasteiger partial charge in [-0.2, -0.15) is 0 Å². The van der Waals surface area contributed by atoms with Crippen LogP contribution in [0.2, 0.25) is 0 Å². The Morgan fingerprint density at radius 3 is 2.21 bits per heavy atom. The number of rotatable bonds is 6. The third-order valence-corrected chi connectivity index (χ3v) is 7.17. The van der Waals surface area contributed by atoms with E-state index < -0.39 is 0 Å². The highest BCUT2D eigenvalue weighted by Gasteiger charge is 2.42. The first-order valence-electron chi connectivity index (χ1n) is 12.4. The molecule has 0 radical (unpaired) electrons. The minimum Gasteiger partial charge on any atom is -0.457 e. The van der Waals surface area contributed by atoms with E-state index in [1.807, 2.05) is 77.6 Å². The van der Waals surface area contributed by atoms with Gasteiger partial charge < -0.3 is 15.0 Å². The van der Waals surface area contributed by atoms with Crippen molar-refractivity contribution in [1.82, 2.24) is 29.9 Å². The van der Waals surface area contributed by atoms with Gasteiger partial charge in [0.2, 0.25) is 0 Å². The van der Waals surface area contributed by atoms with Crippen LogP contribution in [0.15, 0.2) is 91.6 Å². The maximum Gasteiger partial charge on any atom is 0.174 e. The molecule has 2 atom stereocenters. The van der Waals surface area contributed by atoms with Gasteiger partial charge in [-0.25, -0.2) is 4.68 Å². The van der Waals surface area contributed by atoms with Crippen LogP contribution in [0.5, 0.6) is 11.5 Å². The quantitative estimate of drug-likeness (QED) is 0.288. The van der Waals surface area contributed by atoms with Crippen molar-refractivity contribution in [2.24, 2.45) is 0 Å². The van der Waals surface area contributed by atoms with Crippen LogP contribution in [-0.2, 0) is 0 Å². The fourth-order valence-electron chi connectivity index (χ4n) is 5.10. The number of thiocarbonyl (C=S) groups is 1. The van der Waals surface area contributed by atoms with Crippen LogP contribution in [0.1, 0.15) is 40.3 Å². The first-order valence-corrected chi connectivity index (χ1v) is 12.8. The second-order valence-electron chi connectivity index (χ2n) is 9.39. The zero-order valence-corrected chi connectivity index (χ0v) is 22.1. The summed E-state index contributed by atoms with van der Waals surface area (Å²) in [6, 6.07) is 24.0. The number of hydrogen-bond donors (Lipinski definition) is 1. The number of benzene rings is 2. The molecular weight excluding hydrogens is 494 g/mol. The molecule has 0 bridgehead atoms. The largest absolute Gasteiger partial charge is 0.457 e. The minimum absolute atomic E-state index is 0.127. The Bertz CT molecular complexity index is 1560. The van der Waals surface area contributed by atoms with Crippen molar-refractivity contribution in [2.45, 2.75) is 32.9 Å². The lowest BCUT2D eigenvalue weighted by atomic mass is 9.96. The summed E-state index contributed by atoms with van der Waals surface area (Å²) in [5.74, 6) is 1.57. The Hall–Kier alpha value is -4.50. The Labute approximate surface area is 226 Å². The van der Waals surface area contributed by atoms with Gasteiger partial charge in [0.1, 0.15) is 24.2 Å². The monoisotopic (exact) mass is 521 g/mol. The van der Waals surface area contributed by atoms with Gasteiger partial charge in [-0.1, -0.05) is 23.8 Å². The van der Waals surface area contributed by atoms with Gasteiger partial charge in [0.05, 0.1) is 17.8 Å². The summed E-state index contributed by atoms with van der Waals surface area (Å²) in [4.78, 5) is 6.84. The normalized spacial score (nSPS) is 17.0. The number of nitrogens with one attached hydrogen (secondary N) is 1. The number of aromatic nitrogens is 5. The van der Waals surface area contributed by atoms with Crippen molar-refractivity contribution in [3.05, 3.63) is 120 Å². The van der Waals surface area contributed by atoms with Gasteiger partial charge in [-0.15, -0.1) is 10.2 Å². The SMILES string of the molecule is Cc1ccc(Oc2ccc(N3C(=S)N[C@H](c4ccccn4)[C@H]3c3cc(C)n(-n4cnnc4)c3C)cc2)cc1. The molecule has 1 aliphatic heterocycles. The summed E-state index contributed by atoms with van der Waals surface area (Å²) in [5.41, 5.74) is 6.37. The van der Waals surface area contributed by atoms with Gasteiger partial charge >= 0.3 is 0 Å². The molecule has 38 heavy (non-hydrogen) atoms. The molecule has 3 aromatic heterocycles. The van der Waals surface area contributed by atoms with E-state index in [-0.39, 0.29) is 12.1 Å². The molecule has 5 aromatic rings. The fourth-order valence-corrected chi connectivity index (χ4v) is 5.44. The molecule has 8 nitrogen and oxygen atoms in total. The van der Waals surface area contributed by atoms with Crippen molar-refractivity contribution in [2.75, 3.05) is 4.90 Å². The molecule has 1 saturated heterocycles. The van der Waals surface area contributed by atoms with Gasteiger partial charge in [0.25, 0.3) is 0 Å². The van der Waals surface area contributed by atoms with Crippen LogP contribution < -0.4 is 15.0 Å². The minimum atomic E-state index is -0.137. The van der Waals surface area contributed by atoms with Gasteiger partial charge in [-0.3, -0.25) is 9.66 Å². The molecule has 0 spiro atoms. The second kappa shape index (κ2) is 9.75. The average Bonchev–Trinajstić information content (AvgIpc) is 3.64. The highest BCUT2D eigenvalue weighted by atomic mass is 32.1. The Kier molecular flexibility index (Phi) is 6.13. The molecular formula is C29H27N7OS. The van der Waals surface area contributed by atoms with E-state index in [9.17, 15) is 0 Å². The standard InChI is InChI=1S/C29H27N7OS/c1-19-7-11-23(12-8-19)37-24-13-9-22(10-14-24)35-28(27(33-29(35)38)26-6-4-5-15-30-26)25-16-20(2)36(21(25)3)34-17-31-32-18-34/h4-18,27-28H,1-3H3,(H,33,38)/t27-,28-/m1/s1. The Morgan fingerprint density at radius 2 is 1.55 bits per heavy atom. The topological polar surface area (TPSA) is 73.0 Å². The zero-order valence-electron chi connectivity index (χ0n) is 21.3. The summed E-state index contributed by atoms with van der Waals surface area (Å²) >= 11 is 5.91. The highest BCUT2D eigenvalue weighted by molar-refractivity contribution is 7.80. The van der Waals surface area contributed by atoms with Crippen LogP contribution in [0.3, 0.4) is 0 Å². The Balaban J connectivity index is 1.39. The summed E-state index contributed by atoms with van der Waals surface area (Å²) < 4.78 is 10.0. The van der Waals surface area contributed by atoms with Crippen molar-refractivity contribution in [3.63, 3.8) is 0 Å². The van der Waals surface area contributed by atoms with Crippen molar-refractivity contribution >= 4 is 23.0 Å². The third-order valence-electron chi connectivity index (χ3n) is 6.86. The molecule has 2 aromatic carbocycles.